The first-order valence-electron chi connectivity index (χ1n) is 12.5. The van der Waals surface area contributed by atoms with Crippen molar-refractivity contribution < 1.29 is 35.3 Å². The van der Waals surface area contributed by atoms with Crippen molar-refractivity contribution in [1.29, 1.82) is 0 Å². The molecule has 0 N–H and O–H groups in total. The molecule has 0 fully saturated rings. The summed E-state index contributed by atoms with van der Waals surface area (Å²) in [7, 11) is -3.28. The zero-order chi connectivity index (χ0) is 28.9. The number of hydrogen-bond donors (Lipinski definition) is 0. The minimum atomic E-state index is -4.71. The molecule has 0 saturated carbocycles. The second-order valence-corrected chi connectivity index (χ2v) is 12.4. The van der Waals surface area contributed by atoms with Crippen molar-refractivity contribution in [1.82, 2.24) is 4.90 Å². The Kier molecular flexibility index (Phi) is 10.3. The summed E-state index contributed by atoms with van der Waals surface area (Å²) >= 11 is 0. The quantitative estimate of drug-likeness (QED) is 0.276. The molecule has 0 aliphatic rings. The molecule has 0 spiro atoms. The third-order valence-corrected chi connectivity index (χ3v) is 7.39. The fourth-order valence-electron chi connectivity index (χ4n) is 4.32. The number of carbonyl (C=O) groups excluding carboxylic acids is 1. The van der Waals surface area contributed by atoms with Gasteiger partial charge in [-0.15, -0.1) is 0 Å². The second kappa shape index (κ2) is 12.4. The Labute approximate surface area is 224 Å². The summed E-state index contributed by atoms with van der Waals surface area (Å²) in [5.74, 6) is 0.0805. The Bertz CT molecular complexity index is 1210. The molecule has 0 radical (unpaired) electrons. The van der Waals surface area contributed by atoms with Crippen LogP contribution in [-0.2, 0) is 27.6 Å². The standard InChI is InChI=1S/C28H38F3NO5S/c1-8-20(3)32(26(33)14-19(2)17-27(4,5)6)18-21-12-13-24(36-7)25(15-21)37-38(34,35)23-11-9-10-22(16-23)28(29,30)31/h9-13,15-16,19-20H,8,14,17-18H2,1-7H3. The largest absolute Gasteiger partial charge is 0.493 e. The average molecular weight is 558 g/mol. The van der Waals surface area contributed by atoms with E-state index >= 15 is 0 Å². The lowest BCUT2D eigenvalue weighted by molar-refractivity contribution is -0.138. The van der Waals surface area contributed by atoms with E-state index in [9.17, 15) is 26.4 Å². The van der Waals surface area contributed by atoms with Gasteiger partial charge in [-0.25, -0.2) is 0 Å². The molecule has 0 aliphatic carbocycles. The number of carbonyl (C=O) groups is 1. The van der Waals surface area contributed by atoms with Crippen LogP contribution in [0, 0.1) is 11.3 Å². The zero-order valence-corrected chi connectivity index (χ0v) is 23.9. The maximum Gasteiger partial charge on any atom is 0.416 e. The fraction of sp³-hybridized carbons (Fsp3) is 0.536. The van der Waals surface area contributed by atoms with Gasteiger partial charge in [-0.1, -0.05) is 46.8 Å². The van der Waals surface area contributed by atoms with E-state index in [2.05, 4.69) is 27.7 Å². The van der Waals surface area contributed by atoms with Crippen molar-refractivity contribution in [3.05, 3.63) is 53.6 Å². The molecule has 0 aromatic heterocycles. The molecule has 2 atom stereocenters. The van der Waals surface area contributed by atoms with Crippen LogP contribution in [-0.4, -0.2) is 32.4 Å². The Morgan fingerprint density at radius 1 is 1.03 bits per heavy atom. The number of benzene rings is 2. The topological polar surface area (TPSA) is 72.9 Å². The van der Waals surface area contributed by atoms with Gasteiger partial charge in [0.05, 0.1) is 12.7 Å². The van der Waals surface area contributed by atoms with Crippen LogP contribution >= 0.6 is 0 Å². The van der Waals surface area contributed by atoms with E-state index in [-0.39, 0.29) is 41.3 Å². The molecule has 0 bridgehead atoms. The van der Waals surface area contributed by atoms with Crippen molar-refractivity contribution in [2.75, 3.05) is 7.11 Å². The summed E-state index contributed by atoms with van der Waals surface area (Å²) in [6.07, 6.45) is -2.71. The minimum Gasteiger partial charge on any atom is -0.493 e. The van der Waals surface area contributed by atoms with Crippen LogP contribution in [0.25, 0.3) is 0 Å². The highest BCUT2D eigenvalue weighted by atomic mass is 32.2. The molecule has 0 aliphatic heterocycles. The van der Waals surface area contributed by atoms with Crippen LogP contribution in [0.2, 0.25) is 0 Å². The van der Waals surface area contributed by atoms with Crippen molar-refractivity contribution in [3.8, 4) is 11.5 Å². The summed E-state index contributed by atoms with van der Waals surface area (Å²) in [4.78, 5) is 14.4. The molecule has 2 unspecified atom stereocenters. The summed E-state index contributed by atoms with van der Waals surface area (Å²) in [5.41, 5.74) is -0.419. The van der Waals surface area contributed by atoms with Gasteiger partial charge < -0.3 is 13.8 Å². The van der Waals surface area contributed by atoms with Crippen molar-refractivity contribution in [2.24, 2.45) is 11.3 Å². The lowest BCUT2D eigenvalue weighted by Gasteiger charge is -2.31. The summed E-state index contributed by atoms with van der Waals surface area (Å²) in [6.45, 7) is 12.6. The summed E-state index contributed by atoms with van der Waals surface area (Å²) < 4.78 is 75.5. The minimum absolute atomic E-state index is 0.00836. The molecule has 0 heterocycles. The van der Waals surface area contributed by atoms with Crippen LogP contribution in [0.15, 0.2) is 47.4 Å². The molecule has 1 amide bonds. The molecule has 6 nitrogen and oxygen atoms in total. The van der Waals surface area contributed by atoms with Gasteiger partial charge >= 0.3 is 16.3 Å². The van der Waals surface area contributed by atoms with Gasteiger partial charge in [0.25, 0.3) is 0 Å². The van der Waals surface area contributed by atoms with E-state index in [1.807, 2.05) is 13.8 Å². The molecular weight excluding hydrogens is 519 g/mol. The summed E-state index contributed by atoms with van der Waals surface area (Å²) in [6, 6.07) is 7.91. The van der Waals surface area contributed by atoms with Crippen molar-refractivity contribution in [2.45, 2.75) is 84.5 Å². The first-order valence-corrected chi connectivity index (χ1v) is 14.0. The Morgan fingerprint density at radius 3 is 2.24 bits per heavy atom. The van der Waals surface area contributed by atoms with E-state index in [0.717, 1.165) is 31.0 Å². The van der Waals surface area contributed by atoms with Crippen LogP contribution in [0.1, 0.15) is 71.9 Å². The van der Waals surface area contributed by atoms with Gasteiger partial charge in [0.2, 0.25) is 5.91 Å². The van der Waals surface area contributed by atoms with Crippen LogP contribution in [0.3, 0.4) is 0 Å². The molecule has 0 saturated heterocycles. The maximum atomic E-state index is 13.3. The van der Waals surface area contributed by atoms with Crippen molar-refractivity contribution in [3.63, 3.8) is 0 Å². The highest BCUT2D eigenvalue weighted by Crippen LogP contribution is 2.34. The zero-order valence-electron chi connectivity index (χ0n) is 23.1. The number of ether oxygens (including phenoxy) is 1. The monoisotopic (exact) mass is 557 g/mol. The van der Waals surface area contributed by atoms with Gasteiger partial charge in [-0.2, -0.15) is 21.6 Å². The first kappa shape index (κ1) is 31.5. The van der Waals surface area contributed by atoms with Gasteiger partial charge in [-0.05, 0) is 67.0 Å². The molecule has 10 heteroatoms. The number of amides is 1. The SMILES string of the molecule is CCC(C)N(Cc1ccc(OC)c(OS(=O)(=O)c2cccc(C(F)(F)F)c2)c1)C(=O)CC(C)CC(C)(C)C. The molecule has 38 heavy (non-hydrogen) atoms. The molecule has 2 rings (SSSR count). The lowest BCUT2D eigenvalue weighted by atomic mass is 9.84. The fourth-order valence-corrected chi connectivity index (χ4v) is 5.30. The Balaban J connectivity index is 2.34. The van der Waals surface area contributed by atoms with E-state index < -0.39 is 26.8 Å². The number of methoxy groups -OCH3 is 1. The maximum absolute atomic E-state index is 13.3. The molecule has 2 aromatic carbocycles. The highest BCUT2D eigenvalue weighted by molar-refractivity contribution is 7.87. The van der Waals surface area contributed by atoms with E-state index in [1.54, 1.807) is 11.0 Å². The van der Waals surface area contributed by atoms with Crippen LogP contribution in [0.5, 0.6) is 11.5 Å². The normalized spacial score (nSPS) is 14.1. The highest BCUT2D eigenvalue weighted by Gasteiger charge is 2.32. The Hall–Kier alpha value is -2.75. The van der Waals surface area contributed by atoms with E-state index in [4.69, 9.17) is 8.92 Å². The van der Waals surface area contributed by atoms with Gasteiger partial charge in [-0.3, -0.25) is 4.79 Å². The lowest BCUT2D eigenvalue weighted by Crippen LogP contribution is -2.38. The van der Waals surface area contributed by atoms with E-state index in [0.29, 0.717) is 18.1 Å². The Morgan fingerprint density at radius 2 is 1.68 bits per heavy atom. The number of alkyl halides is 3. The van der Waals surface area contributed by atoms with Gasteiger partial charge in [0, 0.05) is 19.0 Å². The van der Waals surface area contributed by atoms with Crippen molar-refractivity contribution >= 4 is 16.0 Å². The number of nitrogens with zero attached hydrogens (tertiary/aromatic N) is 1. The second-order valence-electron chi connectivity index (χ2n) is 10.9. The van der Waals surface area contributed by atoms with Gasteiger partial charge in [0.15, 0.2) is 11.5 Å². The number of hydrogen-bond acceptors (Lipinski definition) is 5. The smallest absolute Gasteiger partial charge is 0.416 e. The number of halogens is 3. The molecule has 2 aromatic rings. The molecule has 212 valence electrons. The third-order valence-electron chi connectivity index (χ3n) is 6.16. The van der Waals surface area contributed by atoms with E-state index in [1.165, 1.54) is 19.2 Å². The average Bonchev–Trinajstić information content (AvgIpc) is 2.80. The summed E-state index contributed by atoms with van der Waals surface area (Å²) in [5, 5.41) is 0. The predicted octanol–water partition coefficient (Wildman–Crippen LogP) is 7.07. The molecular formula is C28H38F3NO5S. The van der Waals surface area contributed by atoms with Crippen LogP contribution in [0.4, 0.5) is 13.2 Å². The third kappa shape index (κ3) is 8.92. The van der Waals surface area contributed by atoms with Gasteiger partial charge in [0.1, 0.15) is 4.90 Å². The van der Waals surface area contributed by atoms with Crippen LogP contribution < -0.4 is 8.92 Å². The predicted molar refractivity (Wildman–Crippen MR) is 140 cm³/mol. The number of rotatable bonds is 11. The first-order chi connectivity index (χ1) is 17.5.